The minimum Gasteiger partial charge on any atom is -0.456 e. The van der Waals surface area contributed by atoms with Gasteiger partial charge in [0.25, 0.3) is 0 Å². The number of nitriles is 1. The zero-order valence-electron chi connectivity index (χ0n) is 35.2. The van der Waals surface area contributed by atoms with Gasteiger partial charge >= 0.3 is 0 Å². The molecule has 0 fully saturated rings. The SMILES string of the molecule is [C-]#[N+]c1ccccc1-c1ccc2c3ccc(-c4ccccc4C#N)cc3n(-c3ccc(-c4cccc5oc6ccccc6c45)cc3-c3nc(-c4ccccc4)nc(-c4ccccc4)n3)c2c1. The predicted octanol–water partition coefficient (Wildman–Crippen LogP) is 15.3. The maximum absolute atomic E-state index is 10.2. The lowest BCUT2D eigenvalue weighted by atomic mass is 9.96. The van der Waals surface area contributed by atoms with Crippen LogP contribution in [0.4, 0.5) is 5.69 Å². The second-order valence-electron chi connectivity index (χ2n) is 16.1. The summed E-state index contributed by atoms with van der Waals surface area (Å²) in [7, 11) is 0. The van der Waals surface area contributed by atoms with E-state index in [1.165, 1.54) is 0 Å². The van der Waals surface area contributed by atoms with Gasteiger partial charge in [-0.3, -0.25) is 0 Å². The number of aromatic nitrogens is 4. The van der Waals surface area contributed by atoms with Gasteiger partial charge in [0, 0.05) is 38.2 Å². The summed E-state index contributed by atoms with van der Waals surface area (Å²) in [6, 6.07) is 71.5. The molecule has 3 heterocycles. The van der Waals surface area contributed by atoms with E-state index < -0.39 is 0 Å². The average Bonchev–Trinajstić information content (AvgIpc) is 3.94. The lowest BCUT2D eigenvalue weighted by Gasteiger charge is -2.17. The van der Waals surface area contributed by atoms with Crippen molar-refractivity contribution in [3.05, 3.63) is 223 Å². The van der Waals surface area contributed by atoms with Gasteiger partial charge in [0.2, 0.25) is 0 Å². The van der Waals surface area contributed by atoms with Crippen LogP contribution in [0.1, 0.15) is 5.56 Å². The summed E-state index contributed by atoms with van der Waals surface area (Å²) in [6.45, 7) is 8.03. The van der Waals surface area contributed by atoms with Crippen molar-refractivity contribution in [2.75, 3.05) is 0 Å². The van der Waals surface area contributed by atoms with Crippen molar-refractivity contribution in [2.24, 2.45) is 0 Å². The molecule has 0 unspecified atom stereocenters. The van der Waals surface area contributed by atoms with Gasteiger partial charge in [-0.2, -0.15) is 5.26 Å². The Morgan fingerprint density at radius 2 is 0.985 bits per heavy atom. The van der Waals surface area contributed by atoms with Crippen LogP contribution in [0.15, 0.2) is 211 Å². The van der Waals surface area contributed by atoms with E-state index in [4.69, 9.17) is 25.9 Å². The maximum atomic E-state index is 10.2. The van der Waals surface area contributed by atoms with Gasteiger partial charge in [-0.1, -0.05) is 164 Å². The number of nitrogens with zero attached hydrogens (tertiary/aromatic N) is 6. The van der Waals surface area contributed by atoms with Crippen molar-refractivity contribution < 1.29 is 4.42 Å². The Hall–Kier alpha value is -9.43. The van der Waals surface area contributed by atoms with Gasteiger partial charge in [-0.25, -0.2) is 19.8 Å². The third kappa shape index (κ3) is 6.39. The van der Waals surface area contributed by atoms with Crippen LogP contribution in [0.3, 0.4) is 0 Å². The molecule has 0 atom stereocenters. The number of hydrogen-bond donors (Lipinski definition) is 0. The summed E-state index contributed by atoms with van der Waals surface area (Å²) in [5.74, 6) is 1.60. The van der Waals surface area contributed by atoms with E-state index in [1.807, 2.05) is 140 Å². The van der Waals surface area contributed by atoms with Crippen molar-refractivity contribution in [2.45, 2.75) is 0 Å². The molecular weight excluding hydrogens is 809 g/mol. The summed E-state index contributed by atoms with van der Waals surface area (Å²) in [6.07, 6.45) is 0. The molecule has 0 amide bonds. The molecule has 0 bridgehead atoms. The number of para-hydroxylation sites is 2. The Kier molecular flexibility index (Phi) is 9.12. The van der Waals surface area contributed by atoms with E-state index in [-0.39, 0.29) is 0 Å². The van der Waals surface area contributed by atoms with Crippen LogP contribution in [0.25, 0.3) is 122 Å². The van der Waals surface area contributed by atoms with Gasteiger partial charge in [-0.05, 0) is 75.8 Å². The first-order valence-corrected chi connectivity index (χ1v) is 21.6. The number of fused-ring (bicyclic) bond motifs is 6. The van der Waals surface area contributed by atoms with E-state index in [2.05, 4.69) is 82.2 Å². The summed E-state index contributed by atoms with van der Waals surface area (Å²) in [4.78, 5) is 19.6. The first-order valence-electron chi connectivity index (χ1n) is 21.6. The number of benzene rings is 9. The molecule has 0 aliphatic rings. The minimum atomic E-state index is 0.499. The second kappa shape index (κ2) is 15.7. The highest BCUT2D eigenvalue weighted by Gasteiger charge is 2.23. The Labute approximate surface area is 379 Å². The zero-order valence-corrected chi connectivity index (χ0v) is 35.2. The quantitative estimate of drug-likeness (QED) is 0.149. The van der Waals surface area contributed by atoms with E-state index >= 15 is 0 Å². The van der Waals surface area contributed by atoms with E-state index in [1.54, 1.807) is 0 Å². The molecule has 0 aliphatic carbocycles. The zero-order chi connectivity index (χ0) is 44.1. The Bertz CT molecular complexity index is 3790. The first-order chi connectivity index (χ1) is 32.6. The van der Waals surface area contributed by atoms with Crippen LogP contribution < -0.4 is 0 Å². The summed E-state index contributed by atoms with van der Waals surface area (Å²) < 4.78 is 8.68. The molecule has 3 aromatic heterocycles. The molecule has 0 saturated heterocycles. The van der Waals surface area contributed by atoms with Gasteiger partial charge in [-0.15, -0.1) is 0 Å². The fourth-order valence-electron chi connectivity index (χ4n) is 9.28. The van der Waals surface area contributed by atoms with Gasteiger partial charge in [0.1, 0.15) is 11.2 Å². The van der Waals surface area contributed by atoms with Crippen LogP contribution in [0, 0.1) is 17.9 Å². The molecule has 12 aromatic rings. The van der Waals surface area contributed by atoms with Crippen LogP contribution in [0.5, 0.6) is 0 Å². The average molecular weight is 843 g/mol. The van der Waals surface area contributed by atoms with Crippen LogP contribution >= 0.6 is 0 Å². The summed E-state index contributed by atoms with van der Waals surface area (Å²) in [5.41, 5.74) is 13.5. The summed E-state index contributed by atoms with van der Waals surface area (Å²) in [5, 5.41) is 14.3. The highest BCUT2D eigenvalue weighted by atomic mass is 16.3. The summed E-state index contributed by atoms with van der Waals surface area (Å²) >= 11 is 0. The lowest BCUT2D eigenvalue weighted by Crippen LogP contribution is -2.04. The van der Waals surface area contributed by atoms with Crippen LogP contribution in [-0.4, -0.2) is 19.5 Å². The van der Waals surface area contributed by atoms with Crippen molar-refractivity contribution in [3.63, 3.8) is 0 Å². The number of furan rings is 1. The van der Waals surface area contributed by atoms with Crippen molar-refractivity contribution in [1.29, 1.82) is 5.26 Å². The Balaban J connectivity index is 1.21. The standard InChI is InChI=1S/C59H34N6O/c1-61-50-24-12-10-21-44(50)41-28-31-47-46-30-27-40(43-20-9-8-19-42(43)36-60)34-52(46)65(53(47)35-41)51-32-29-39(45-23-14-26-55-56(45)48-22-11-13-25-54(48)66-55)33-49(51)59-63-57(37-15-4-2-5-16-37)62-58(64-59)38-17-6-3-7-18-38/h2-35H. The van der Waals surface area contributed by atoms with E-state index in [0.717, 1.165) is 99.5 Å². The fraction of sp³-hybridized carbons (Fsp3) is 0. The smallest absolute Gasteiger partial charge is 0.194 e. The molecule has 7 heteroatoms. The third-order valence-corrected chi connectivity index (χ3v) is 12.4. The molecular formula is C59H34N6O. The highest BCUT2D eigenvalue weighted by molar-refractivity contribution is 6.14. The van der Waals surface area contributed by atoms with Gasteiger partial charge in [0.05, 0.1) is 34.9 Å². The predicted molar refractivity (Wildman–Crippen MR) is 265 cm³/mol. The molecule has 9 aromatic carbocycles. The maximum Gasteiger partial charge on any atom is 0.194 e. The minimum absolute atomic E-state index is 0.499. The van der Waals surface area contributed by atoms with Crippen LogP contribution in [0.2, 0.25) is 0 Å². The Morgan fingerprint density at radius 1 is 0.439 bits per heavy atom. The molecule has 0 radical (unpaired) electrons. The highest BCUT2D eigenvalue weighted by Crippen LogP contribution is 2.44. The van der Waals surface area contributed by atoms with Gasteiger partial charge < -0.3 is 8.98 Å². The molecule has 306 valence electrons. The number of rotatable bonds is 7. The monoisotopic (exact) mass is 842 g/mol. The molecule has 0 N–H and O–H groups in total. The first kappa shape index (κ1) is 38.3. The number of hydrogen-bond acceptors (Lipinski definition) is 5. The molecule has 12 rings (SSSR count). The second-order valence-corrected chi connectivity index (χ2v) is 16.1. The largest absolute Gasteiger partial charge is 0.456 e. The molecule has 0 aliphatic heterocycles. The topological polar surface area (TPSA) is 84.9 Å². The van der Waals surface area contributed by atoms with E-state index in [9.17, 15) is 5.26 Å². The van der Waals surface area contributed by atoms with Crippen LogP contribution in [-0.2, 0) is 0 Å². The van der Waals surface area contributed by atoms with Crippen molar-refractivity contribution in [3.8, 4) is 79.3 Å². The van der Waals surface area contributed by atoms with Gasteiger partial charge in [0.15, 0.2) is 23.2 Å². The molecule has 0 spiro atoms. The van der Waals surface area contributed by atoms with Crippen molar-refractivity contribution in [1.82, 2.24) is 19.5 Å². The molecule has 7 nitrogen and oxygen atoms in total. The Morgan fingerprint density at radius 3 is 1.68 bits per heavy atom. The lowest BCUT2D eigenvalue weighted by molar-refractivity contribution is 0.669. The normalized spacial score (nSPS) is 11.3. The molecule has 0 saturated carbocycles. The fourth-order valence-corrected chi connectivity index (χ4v) is 9.28. The molecule has 66 heavy (non-hydrogen) atoms. The van der Waals surface area contributed by atoms with Crippen molar-refractivity contribution >= 4 is 49.4 Å². The third-order valence-electron chi connectivity index (χ3n) is 12.4. The van der Waals surface area contributed by atoms with E-state index in [0.29, 0.717) is 28.7 Å².